The molecule has 4 rings (SSSR count). The average Bonchev–Trinajstić information content (AvgIpc) is 2.93. The second kappa shape index (κ2) is 5.97. The lowest BCUT2D eigenvalue weighted by Gasteiger charge is -2.26. The molecule has 5 nitrogen and oxygen atoms in total. The number of carbonyl (C=O) groups is 1. The van der Waals surface area contributed by atoms with E-state index in [0.717, 1.165) is 41.8 Å². The van der Waals surface area contributed by atoms with Crippen LogP contribution in [0, 0.1) is 0 Å². The fourth-order valence-corrected chi connectivity index (χ4v) is 5.05. The van der Waals surface area contributed by atoms with Crippen LogP contribution in [0.2, 0.25) is 0 Å². The van der Waals surface area contributed by atoms with Gasteiger partial charge in [-0.1, -0.05) is 30.3 Å². The molecule has 0 radical (unpaired) electrons. The Balaban J connectivity index is 1.68. The third kappa shape index (κ3) is 2.85. The van der Waals surface area contributed by atoms with Gasteiger partial charge in [-0.3, -0.25) is 4.79 Å². The van der Waals surface area contributed by atoms with Gasteiger partial charge in [0.15, 0.2) is 0 Å². The Kier molecular flexibility index (Phi) is 3.89. The largest absolute Gasteiger partial charge is 0.312 e. The molecule has 0 aliphatic carbocycles. The monoisotopic (exact) mass is 356 g/mol. The van der Waals surface area contributed by atoms with Crippen LogP contribution in [-0.2, 0) is 27.7 Å². The Morgan fingerprint density at radius 1 is 1.12 bits per heavy atom. The van der Waals surface area contributed by atoms with Crippen LogP contribution < -0.4 is 9.62 Å². The minimum Gasteiger partial charge on any atom is -0.312 e. The summed E-state index contributed by atoms with van der Waals surface area (Å²) in [7, 11) is -3.65. The average molecular weight is 356 g/mol. The van der Waals surface area contributed by atoms with E-state index in [1.54, 1.807) is 17.0 Å². The fourth-order valence-electron chi connectivity index (χ4n) is 3.71. The van der Waals surface area contributed by atoms with Crippen LogP contribution in [0.4, 0.5) is 5.69 Å². The van der Waals surface area contributed by atoms with Crippen molar-refractivity contribution >= 4 is 21.6 Å². The Bertz CT molecular complexity index is 939. The molecule has 0 fully saturated rings. The number of carbonyl (C=O) groups excluding carboxylic acids is 1. The number of rotatable bonds is 4. The third-order valence-corrected chi connectivity index (χ3v) is 6.44. The van der Waals surface area contributed by atoms with Gasteiger partial charge >= 0.3 is 0 Å². The molecule has 2 aliphatic heterocycles. The Morgan fingerprint density at radius 2 is 1.84 bits per heavy atom. The zero-order chi connectivity index (χ0) is 17.6. The van der Waals surface area contributed by atoms with E-state index in [1.165, 1.54) is 0 Å². The van der Waals surface area contributed by atoms with Crippen molar-refractivity contribution < 1.29 is 13.2 Å². The molecular formula is C19H20N2O3S. The first-order chi connectivity index (χ1) is 12.0. The quantitative estimate of drug-likeness (QED) is 0.916. The number of nitrogens with one attached hydrogen (secondary N) is 1. The van der Waals surface area contributed by atoms with Crippen molar-refractivity contribution in [3.63, 3.8) is 0 Å². The summed E-state index contributed by atoms with van der Waals surface area (Å²) >= 11 is 0. The van der Waals surface area contributed by atoms with E-state index in [9.17, 15) is 13.2 Å². The van der Waals surface area contributed by atoms with Gasteiger partial charge < -0.3 is 4.90 Å². The molecule has 2 aromatic carbocycles. The van der Waals surface area contributed by atoms with Gasteiger partial charge in [0.05, 0.1) is 17.0 Å². The molecule has 130 valence electrons. The summed E-state index contributed by atoms with van der Waals surface area (Å²) < 4.78 is 28.5. The maximum Gasteiger partial charge on any atom is 0.241 e. The van der Waals surface area contributed by atoms with Gasteiger partial charge in [0.2, 0.25) is 15.9 Å². The molecule has 0 spiro atoms. The smallest absolute Gasteiger partial charge is 0.241 e. The molecule has 2 aliphatic rings. The van der Waals surface area contributed by atoms with Crippen LogP contribution >= 0.6 is 0 Å². The summed E-state index contributed by atoms with van der Waals surface area (Å²) in [6.45, 7) is 2.56. The highest BCUT2D eigenvalue weighted by molar-refractivity contribution is 7.89. The molecule has 1 N–H and O–H groups in total. The Labute approximate surface area is 147 Å². The van der Waals surface area contributed by atoms with Gasteiger partial charge in [-0.15, -0.1) is 0 Å². The summed E-state index contributed by atoms with van der Waals surface area (Å²) in [4.78, 5) is 14.2. The highest BCUT2D eigenvalue weighted by atomic mass is 32.2. The molecular weight excluding hydrogens is 336 g/mol. The number of nitrogens with zero attached hydrogens (tertiary/aromatic N) is 1. The molecule has 0 saturated heterocycles. The normalized spacial score (nSPS) is 17.5. The second-order valence-electron chi connectivity index (χ2n) is 6.67. The maximum atomic E-state index is 12.9. The molecule has 1 amide bonds. The van der Waals surface area contributed by atoms with E-state index in [0.29, 0.717) is 6.42 Å². The summed E-state index contributed by atoms with van der Waals surface area (Å²) in [6, 6.07) is 12.5. The van der Waals surface area contributed by atoms with Crippen LogP contribution in [0.25, 0.3) is 0 Å². The first-order valence-electron chi connectivity index (χ1n) is 8.49. The van der Waals surface area contributed by atoms with Crippen molar-refractivity contribution in [3.8, 4) is 0 Å². The molecule has 25 heavy (non-hydrogen) atoms. The zero-order valence-electron chi connectivity index (χ0n) is 14.0. The zero-order valence-corrected chi connectivity index (χ0v) is 14.8. The topological polar surface area (TPSA) is 66.5 Å². The molecule has 0 unspecified atom stereocenters. The molecule has 2 aromatic rings. The predicted molar refractivity (Wildman–Crippen MR) is 96.0 cm³/mol. The van der Waals surface area contributed by atoms with Gasteiger partial charge in [0.1, 0.15) is 0 Å². The van der Waals surface area contributed by atoms with Crippen LogP contribution in [0.1, 0.15) is 36.1 Å². The first-order valence-corrected chi connectivity index (χ1v) is 9.97. The van der Waals surface area contributed by atoms with Crippen LogP contribution in [-0.4, -0.2) is 20.9 Å². The van der Waals surface area contributed by atoms with Gasteiger partial charge in [-0.05, 0) is 48.6 Å². The van der Waals surface area contributed by atoms with E-state index >= 15 is 0 Å². The molecule has 0 saturated carbocycles. The van der Waals surface area contributed by atoms with Crippen molar-refractivity contribution in [2.45, 2.75) is 37.1 Å². The van der Waals surface area contributed by atoms with E-state index in [-0.39, 0.29) is 16.8 Å². The highest BCUT2D eigenvalue weighted by Crippen LogP contribution is 2.38. The van der Waals surface area contributed by atoms with Gasteiger partial charge in [-0.25, -0.2) is 13.1 Å². The lowest BCUT2D eigenvalue weighted by molar-refractivity contribution is -0.117. The van der Waals surface area contributed by atoms with Crippen molar-refractivity contribution in [1.29, 1.82) is 0 Å². The lowest BCUT2D eigenvalue weighted by Crippen LogP contribution is -2.31. The predicted octanol–water partition coefficient (Wildman–Crippen LogP) is 2.56. The number of hydrogen-bond acceptors (Lipinski definition) is 3. The highest BCUT2D eigenvalue weighted by Gasteiger charge is 2.34. The molecule has 2 heterocycles. The summed E-state index contributed by atoms with van der Waals surface area (Å²) in [5, 5.41) is 0. The van der Waals surface area contributed by atoms with Crippen molar-refractivity contribution in [2.75, 3.05) is 11.4 Å². The minimum absolute atomic E-state index is 0.0658. The Hall–Kier alpha value is -2.18. The van der Waals surface area contributed by atoms with Gasteiger partial charge in [0.25, 0.3) is 0 Å². The van der Waals surface area contributed by atoms with E-state index in [1.807, 2.05) is 37.3 Å². The number of anilines is 1. The van der Waals surface area contributed by atoms with Crippen molar-refractivity contribution in [3.05, 3.63) is 59.2 Å². The number of sulfonamides is 1. The fraction of sp³-hybridized carbons (Fsp3) is 0.316. The molecule has 6 heteroatoms. The van der Waals surface area contributed by atoms with Gasteiger partial charge in [-0.2, -0.15) is 0 Å². The number of hydrogen-bond donors (Lipinski definition) is 1. The number of aryl methyl sites for hydroxylation is 1. The summed E-state index contributed by atoms with van der Waals surface area (Å²) in [6.07, 6.45) is 1.97. The minimum atomic E-state index is -3.65. The maximum absolute atomic E-state index is 12.9. The molecule has 0 aromatic heterocycles. The summed E-state index contributed by atoms with van der Waals surface area (Å²) in [5.74, 6) is 0.0658. The van der Waals surface area contributed by atoms with Crippen molar-refractivity contribution in [1.82, 2.24) is 4.72 Å². The van der Waals surface area contributed by atoms with Gasteiger partial charge in [0, 0.05) is 12.6 Å². The second-order valence-corrected chi connectivity index (χ2v) is 8.38. The van der Waals surface area contributed by atoms with E-state index < -0.39 is 10.0 Å². The van der Waals surface area contributed by atoms with E-state index in [2.05, 4.69) is 4.72 Å². The third-order valence-electron chi connectivity index (χ3n) is 4.92. The standard InChI is InChI=1S/C19H20N2O3S/c1-13(14-6-3-2-4-7-14)20-25(23,24)17-10-15-8-5-9-21-18(22)12-16(11-17)19(15)21/h2-4,6-7,10-11,13,20H,5,8-9,12H2,1H3/t13-/m0/s1. The lowest BCUT2D eigenvalue weighted by atomic mass is 10.0. The number of amides is 1. The molecule has 0 bridgehead atoms. The van der Waals surface area contributed by atoms with Crippen LogP contribution in [0.3, 0.4) is 0 Å². The molecule has 1 atom stereocenters. The number of benzene rings is 2. The van der Waals surface area contributed by atoms with Crippen molar-refractivity contribution in [2.24, 2.45) is 0 Å². The SMILES string of the molecule is C[C@H](NS(=O)(=O)c1cc2c3c(c1)CC(=O)N3CCC2)c1ccccc1. The Morgan fingerprint density at radius 3 is 2.60 bits per heavy atom. The summed E-state index contributed by atoms with van der Waals surface area (Å²) in [5.41, 5.74) is 3.64. The first kappa shape index (κ1) is 16.3. The van der Waals surface area contributed by atoms with Crippen LogP contribution in [0.15, 0.2) is 47.4 Å². The van der Waals surface area contributed by atoms with Crippen LogP contribution in [0.5, 0.6) is 0 Å². The van der Waals surface area contributed by atoms with E-state index in [4.69, 9.17) is 0 Å².